The molecule has 0 fully saturated rings. The largest absolute Gasteiger partial charge is 0.394 e. The normalized spacial score (nSPS) is 15.3. The molecule has 1 aliphatic carbocycles. The highest BCUT2D eigenvalue weighted by molar-refractivity contribution is 5.60. The highest BCUT2D eigenvalue weighted by Gasteiger charge is 2.27. The van der Waals surface area contributed by atoms with Crippen molar-refractivity contribution in [3.8, 4) is 11.4 Å². The Morgan fingerprint density at radius 1 is 1.26 bits per heavy atom. The van der Waals surface area contributed by atoms with E-state index in [-0.39, 0.29) is 18.1 Å². The minimum atomic E-state index is -0.0559. The highest BCUT2D eigenvalue weighted by atomic mass is 16.3. The Hall–Kier alpha value is -2.01. The van der Waals surface area contributed by atoms with Crippen molar-refractivity contribution in [2.75, 3.05) is 11.9 Å². The number of anilines is 1. The van der Waals surface area contributed by atoms with E-state index >= 15 is 0 Å². The lowest BCUT2D eigenvalue weighted by atomic mass is 9.87. The number of hydrogen-bond donors (Lipinski definition) is 2. The molecule has 122 valence electrons. The first kappa shape index (κ1) is 15.9. The summed E-state index contributed by atoms with van der Waals surface area (Å²) in [4.78, 5) is 13.6. The summed E-state index contributed by atoms with van der Waals surface area (Å²) >= 11 is 0. The SMILES string of the molecule is CC(C)(C)C(CO)Nc1nc(-c2cccnc2)nc2c1CCC2. The third-order valence-electron chi connectivity index (χ3n) is 4.39. The lowest BCUT2D eigenvalue weighted by molar-refractivity contribution is 0.201. The topological polar surface area (TPSA) is 70.9 Å². The molecule has 0 aliphatic heterocycles. The molecule has 2 aromatic rings. The molecule has 1 aliphatic rings. The van der Waals surface area contributed by atoms with Crippen LogP contribution in [-0.4, -0.2) is 32.7 Å². The molecule has 0 amide bonds. The van der Waals surface area contributed by atoms with Crippen LogP contribution in [0, 0.1) is 5.41 Å². The maximum atomic E-state index is 9.74. The van der Waals surface area contributed by atoms with Crippen LogP contribution >= 0.6 is 0 Å². The molecule has 2 heterocycles. The standard InChI is InChI=1S/C18H24N4O/c1-18(2,3)15(11-23)21-17-13-7-4-8-14(13)20-16(22-17)12-6-5-9-19-10-12/h5-6,9-10,15,23H,4,7-8,11H2,1-3H3,(H,20,21,22). The van der Waals surface area contributed by atoms with Crippen molar-refractivity contribution in [1.82, 2.24) is 15.0 Å². The van der Waals surface area contributed by atoms with Crippen LogP contribution in [-0.2, 0) is 12.8 Å². The fourth-order valence-electron chi connectivity index (χ4n) is 2.88. The van der Waals surface area contributed by atoms with E-state index in [2.05, 4.69) is 31.1 Å². The van der Waals surface area contributed by atoms with Crippen molar-refractivity contribution in [3.63, 3.8) is 0 Å². The van der Waals surface area contributed by atoms with Gasteiger partial charge in [0.2, 0.25) is 0 Å². The Morgan fingerprint density at radius 2 is 2.09 bits per heavy atom. The highest BCUT2D eigenvalue weighted by Crippen LogP contribution is 2.31. The fraction of sp³-hybridized carbons (Fsp3) is 0.500. The Morgan fingerprint density at radius 3 is 2.74 bits per heavy atom. The van der Waals surface area contributed by atoms with E-state index in [9.17, 15) is 5.11 Å². The predicted octanol–water partition coefficient (Wildman–Crippen LogP) is 2.85. The van der Waals surface area contributed by atoms with Crippen LogP contribution in [0.15, 0.2) is 24.5 Å². The number of rotatable bonds is 4. The van der Waals surface area contributed by atoms with Gasteiger partial charge in [0.05, 0.1) is 12.6 Å². The Kier molecular flexibility index (Phi) is 4.31. The van der Waals surface area contributed by atoms with Gasteiger partial charge in [-0.1, -0.05) is 20.8 Å². The van der Waals surface area contributed by atoms with Crippen molar-refractivity contribution in [3.05, 3.63) is 35.8 Å². The second-order valence-electron chi connectivity index (χ2n) is 7.16. The summed E-state index contributed by atoms with van der Waals surface area (Å²) in [6, 6.07) is 3.81. The van der Waals surface area contributed by atoms with Gasteiger partial charge in [0, 0.05) is 29.2 Å². The maximum absolute atomic E-state index is 9.74. The van der Waals surface area contributed by atoms with E-state index in [1.807, 2.05) is 12.1 Å². The maximum Gasteiger partial charge on any atom is 0.163 e. The average Bonchev–Trinajstić information content (AvgIpc) is 3.00. The molecule has 3 rings (SSSR count). The van der Waals surface area contributed by atoms with E-state index in [1.165, 1.54) is 5.56 Å². The zero-order valence-corrected chi connectivity index (χ0v) is 14.0. The molecule has 0 saturated carbocycles. The van der Waals surface area contributed by atoms with E-state index in [0.29, 0.717) is 5.82 Å². The third kappa shape index (κ3) is 3.34. The molecule has 2 aromatic heterocycles. The van der Waals surface area contributed by atoms with Gasteiger partial charge < -0.3 is 10.4 Å². The van der Waals surface area contributed by atoms with Gasteiger partial charge in [0.1, 0.15) is 5.82 Å². The monoisotopic (exact) mass is 312 g/mol. The van der Waals surface area contributed by atoms with Crippen molar-refractivity contribution in [1.29, 1.82) is 0 Å². The zero-order chi connectivity index (χ0) is 16.4. The lowest BCUT2D eigenvalue weighted by Crippen LogP contribution is -2.37. The Bertz CT molecular complexity index is 679. The van der Waals surface area contributed by atoms with Crippen LogP contribution in [0.1, 0.15) is 38.4 Å². The summed E-state index contributed by atoms with van der Waals surface area (Å²) in [6.45, 7) is 6.42. The molecule has 5 nitrogen and oxygen atoms in total. The molecule has 2 N–H and O–H groups in total. The van der Waals surface area contributed by atoms with Crippen LogP contribution in [0.3, 0.4) is 0 Å². The minimum Gasteiger partial charge on any atom is -0.394 e. The number of fused-ring (bicyclic) bond motifs is 1. The van der Waals surface area contributed by atoms with E-state index in [1.54, 1.807) is 12.4 Å². The number of pyridine rings is 1. The number of aliphatic hydroxyl groups excluding tert-OH is 1. The van der Waals surface area contributed by atoms with Crippen molar-refractivity contribution in [2.24, 2.45) is 5.41 Å². The summed E-state index contributed by atoms with van der Waals surface area (Å²) in [5.41, 5.74) is 3.17. The molecule has 0 spiro atoms. The van der Waals surface area contributed by atoms with Crippen molar-refractivity contribution in [2.45, 2.75) is 46.1 Å². The van der Waals surface area contributed by atoms with E-state index < -0.39 is 0 Å². The molecule has 5 heteroatoms. The van der Waals surface area contributed by atoms with E-state index in [0.717, 1.165) is 36.3 Å². The van der Waals surface area contributed by atoms with Crippen molar-refractivity contribution < 1.29 is 5.11 Å². The van der Waals surface area contributed by atoms with Gasteiger partial charge in [-0.05, 0) is 36.8 Å². The molecule has 0 aromatic carbocycles. The quantitative estimate of drug-likeness (QED) is 0.908. The predicted molar refractivity (Wildman–Crippen MR) is 91.2 cm³/mol. The first-order valence-corrected chi connectivity index (χ1v) is 8.16. The van der Waals surface area contributed by atoms with Gasteiger partial charge >= 0.3 is 0 Å². The number of aromatic nitrogens is 3. The van der Waals surface area contributed by atoms with Gasteiger partial charge in [-0.15, -0.1) is 0 Å². The number of nitrogens with zero attached hydrogens (tertiary/aromatic N) is 3. The van der Waals surface area contributed by atoms with Crippen molar-refractivity contribution >= 4 is 5.82 Å². The molecule has 23 heavy (non-hydrogen) atoms. The lowest BCUT2D eigenvalue weighted by Gasteiger charge is -2.31. The van der Waals surface area contributed by atoms with Gasteiger partial charge in [0.15, 0.2) is 5.82 Å². The van der Waals surface area contributed by atoms with Crippen LogP contribution in [0.2, 0.25) is 0 Å². The number of hydrogen-bond acceptors (Lipinski definition) is 5. The Balaban J connectivity index is 2.01. The summed E-state index contributed by atoms with van der Waals surface area (Å²) in [5.74, 6) is 1.56. The van der Waals surface area contributed by atoms with Crippen LogP contribution in [0.25, 0.3) is 11.4 Å². The summed E-state index contributed by atoms with van der Waals surface area (Å²) in [7, 11) is 0. The van der Waals surface area contributed by atoms with Crippen LogP contribution in [0.4, 0.5) is 5.82 Å². The molecule has 1 atom stereocenters. The number of aryl methyl sites for hydroxylation is 1. The molecule has 1 unspecified atom stereocenters. The second-order valence-corrected chi connectivity index (χ2v) is 7.16. The molecule has 0 bridgehead atoms. The average molecular weight is 312 g/mol. The first-order valence-electron chi connectivity index (χ1n) is 8.16. The smallest absolute Gasteiger partial charge is 0.163 e. The summed E-state index contributed by atoms with van der Waals surface area (Å²) in [5, 5.41) is 13.2. The van der Waals surface area contributed by atoms with Gasteiger partial charge in [0.25, 0.3) is 0 Å². The van der Waals surface area contributed by atoms with Gasteiger partial charge in [-0.3, -0.25) is 4.98 Å². The molecule has 0 radical (unpaired) electrons. The van der Waals surface area contributed by atoms with Gasteiger partial charge in [-0.25, -0.2) is 9.97 Å². The van der Waals surface area contributed by atoms with E-state index in [4.69, 9.17) is 9.97 Å². The summed E-state index contributed by atoms with van der Waals surface area (Å²) < 4.78 is 0. The molecule has 0 saturated heterocycles. The number of aliphatic hydroxyl groups is 1. The second kappa shape index (κ2) is 6.24. The number of nitrogens with one attached hydrogen (secondary N) is 1. The van der Waals surface area contributed by atoms with Crippen LogP contribution < -0.4 is 5.32 Å². The minimum absolute atomic E-state index is 0.0520. The Labute approximate surface area is 137 Å². The van der Waals surface area contributed by atoms with Crippen LogP contribution in [0.5, 0.6) is 0 Å². The fourth-order valence-corrected chi connectivity index (χ4v) is 2.88. The molecular formula is C18H24N4O. The first-order chi connectivity index (χ1) is 11.0. The van der Waals surface area contributed by atoms with Gasteiger partial charge in [-0.2, -0.15) is 0 Å². The third-order valence-corrected chi connectivity index (χ3v) is 4.39. The zero-order valence-electron chi connectivity index (χ0n) is 14.0. The summed E-state index contributed by atoms with van der Waals surface area (Å²) in [6.07, 6.45) is 6.62. The molecular weight excluding hydrogens is 288 g/mol.